The Kier molecular flexibility index (Phi) is 1.49. The van der Waals surface area contributed by atoms with Crippen LogP contribution in [-0.2, 0) is 9.53 Å². The fourth-order valence-electron chi connectivity index (χ4n) is 2.09. The highest BCUT2D eigenvalue weighted by Gasteiger charge is 2.55. The average Bonchev–Trinajstić information content (AvgIpc) is 2.66. The number of fused-ring (bicyclic) bond motifs is 1. The molecule has 12 heavy (non-hydrogen) atoms. The van der Waals surface area contributed by atoms with E-state index in [1.54, 1.807) is 0 Å². The van der Waals surface area contributed by atoms with Crippen molar-refractivity contribution in [2.24, 2.45) is 11.3 Å². The van der Waals surface area contributed by atoms with Crippen LogP contribution < -0.4 is 0 Å². The smallest absolute Gasteiger partial charge is 0.309 e. The Morgan fingerprint density at radius 2 is 2.25 bits per heavy atom. The van der Waals surface area contributed by atoms with Gasteiger partial charge >= 0.3 is 5.97 Å². The maximum Gasteiger partial charge on any atom is 0.309 e. The molecule has 1 N–H and O–H groups in total. The zero-order valence-corrected chi connectivity index (χ0v) is 7.41. The molecular weight excluding hydrogens is 156 g/mol. The molecule has 0 aromatic heterocycles. The molecule has 1 saturated carbocycles. The summed E-state index contributed by atoms with van der Waals surface area (Å²) in [5, 5.41) is 9.05. The zero-order valence-electron chi connectivity index (χ0n) is 7.41. The third-order valence-corrected chi connectivity index (χ3v) is 3.47. The van der Waals surface area contributed by atoms with Crippen molar-refractivity contribution in [3.63, 3.8) is 0 Å². The number of epoxide rings is 1. The fraction of sp³-hybridized carbons (Fsp3) is 0.889. The number of ether oxygens (including phenoxy) is 1. The van der Waals surface area contributed by atoms with Crippen LogP contribution in [0, 0.1) is 11.3 Å². The van der Waals surface area contributed by atoms with Crippen LogP contribution in [-0.4, -0.2) is 23.3 Å². The van der Waals surface area contributed by atoms with E-state index in [1.807, 2.05) is 13.8 Å². The fourth-order valence-corrected chi connectivity index (χ4v) is 2.09. The minimum atomic E-state index is -0.677. The molecule has 0 aromatic rings. The second-order valence-corrected chi connectivity index (χ2v) is 4.28. The number of carbonyl (C=O) groups is 1. The maximum absolute atomic E-state index is 11.0. The van der Waals surface area contributed by atoms with E-state index in [2.05, 4.69) is 0 Å². The van der Waals surface area contributed by atoms with Crippen LogP contribution in [0.5, 0.6) is 0 Å². The molecule has 3 heteroatoms. The van der Waals surface area contributed by atoms with Gasteiger partial charge in [-0.25, -0.2) is 0 Å². The van der Waals surface area contributed by atoms with Crippen molar-refractivity contribution in [1.29, 1.82) is 0 Å². The van der Waals surface area contributed by atoms with Gasteiger partial charge in [0.1, 0.15) is 0 Å². The first-order valence-electron chi connectivity index (χ1n) is 4.43. The molecule has 1 heterocycles. The van der Waals surface area contributed by atoms with E-state index in [-0.39, 0.29) is 12.0 Å². The van der Waals surface area contributed by atoms with Crippen LogP contribution in [0.2, 0.25) is 0 Å². The SMILES string of the molecule is CC1CC2OC2CC1(C)C(=O)O. The number of rotatable bonds is 1. The molecule has 1 aliphatic heterocycles. The molecule has 4 unspecified atom stereocenters. The lowest BCUT2D eigenvalue weighted by Crippen LogP contribution is -2.39. The Hall–Kier alpha value is -0.570. The van der Waals surface area contributed by atoms with Crippen molar-refractivity contribution in [1.82, 2.24) is 0 Å². The van der Waals surface area contributed by atoms with Crippen molar-refractivity contribution >= 4 is 5.97 Å². The van der Waals surface area contributed by atoms with E-state index in [0.29, 0.717) is 12.5 Å². The molecule has 0 aromatic carbocycles. The summed E-state index contributed by atoms with van der Waals surface area (Å²) in [5.41, 5.74) is -0.558. The van der Waals surface area contributed by atoms with Crippen molar-refractivity contribution < 1.29 is 14.6 Å². The van der Waals surface area contributed by atoms with E-state index >= 15 is 0 Å². The van der Waals surface area contributed by atoms with Gasteiger partial charge in [0.15, 0.2) is 0 Å². The highest BCUT2D eigenvalue weighted by molar-refractivity contribution is 5.75. The van der Waals surface area contributed by atoms with E-state index in [4.69, 9.17) is 9.84 Å². The van der Waals surface area contributed by atoms with E-state index in [1.165, 1.54) is 0 Å². The summed E-state index contributed by atoms with van der Waals surface area (Å²) in [6.45, 7) is 3.84. The molecule has 0 bridgehead atoms. The Labute approximate surface area is 71.7 Å². The van der Waals surface area contributed by atoms with Crippen LogP contribution >= 0.6 is 0 Å². The van der Waals surface area contributed by atoms with Crippen LogP contribution in [0.25, 0.3) is 0 Å². The minimum absolute atomic E-state index is 0.235. The molecule has 68 valence electrons. The lowest BCUT2D eigenvalue weighted by molar-refractivity contribution is -0.152. The van der Waals surface area contributed by atoms with Crippen molar-refractivity contribution in [3.8, 4) is 0 Å². The predicted molar refractivity (Wildman–Crippen MR) is 42.8 cm³/mol. The van der Waals surface area contributed by atoms with Gasteiger partial charge in [0.2, 0.25) is 0 Å². The average molecular weight is 170 g/mol. The summed E-state index contributed by atoms with van der Waals surface area (Å²) in [7, 11) is 0. The van der Waals surface area contributed by atoms with Crippen LogP contribution in [0.15, 0.2) is 0 Å². The van der Waals surface area contributed by atoms with Gasteiger partial charge in [-0.1, -0.05) is 6.92 Å². The molecule has 4 atom stereocenters. The number of carboxylic acids is 1. The highest BCUT2D eigenvalue weighted by atomic mass is 16.6. The van der Waals surface area contributed by atoms with Crippen molar-refractivity contribution in [2.45, 2.75) is 38.9 Å². The summed E-state index contributed by atoms with van der Waals surface area (Å²) in [5.74, 6) is -0.442. The number of hydrogen-bond donors (Lipinski definition) is 1. The van der Waals surface area contributed by atoms with E-state index in [0.717, 1.165) is 6.42 Å². The molecule has 3 nitrogen and oxygen atoms in total. The zero-order chi connectivity index (χ0) is 8.93. The maximum atomic E-state index is 11.0. The number of aliphatic carboxylic acids is 1. The first-order chi connectivity index (χ1) is 5.54. The Balaban J connectivity index is 2.17. The van der Waals surface area contributed by atoms with E-state index in [9.17, 15) is 4.79 Å². The third-order valence-electron chi connectivity index (χ3n) is 3.47. The van der Waals surface area contributed by atoms with Gasteiger partial charge in [0.05, 0.1) is 17.6 Å². The normalized spacial score (nSPS) is 51.3. The predicted octanol–water partition coefficient (Wildman–Crippen LogP) is 1.27. The van der Waals surface area contributed by atoms with Crippen LogP contribution in [0.4, 0.5) is 0 Å². The first kappa shape index (κ1) is 8.05. The summed E-state index contributed by atoms with van der Waals surface area (Å²) < 4.78 is 5.33. The molecule has 0 radical (unpaired) electrons. The second kappa shape index (κ2) is 2.22. The van der Waals surface area contributed by atoms with Gasteiger partial charge in [0, 0.05) is 0 Å². The van der Waals surface area contributed by atoms with Gasteiger partial charge in [-0.2, -0.15) is 0 Å². The molecule has 1 aliphatic carbocycles. The summed E-state index contributed by atoms with van der Waals surface area (Å²) in [6, 6.07) is 0. The standard InChI is InChI=1S/C9H14O3/c1-5-3-6-7(12-6)4-9(5,2)8(10)11/h5-7H,3-4H2,1-2H3,(H,10,11). The summed E-state index contributed by atoms with van der Waals surface area (Å²) in [4.78, 5) is 11.0. The van der Waals surface area contributed by atoms with Crippen LogP contribution in [0.1, 0.15) is 26.7 Å². The van der Waals surface area contributed by atoms with Gasteiger partial charge in [-0.3, -0.25) is 4.79 Å². The molecular formula is C9H14O3. The first-order valence-corrected chi connectivity index (χ1v) is 4.43. The monoisotopic (exact) mass is 170 g/mol. The van der Waals surface area contributed by atoms with Gasteiger partial charge in [-0.05, 0) is 25.7 Å². The third kappa shape index (κ3) is 0.959. The van der Waals surface area contributed by atoms with Crippen molar-refractivity contribution in [2.75, 3.05) is 0 Å². The number of carboxylic acid groups (broad SMARTS) is 1. The van der Waals surface area contributed by atoms with Gasteiger partial charge in [-0.15, -0.1) is 0 Å². The lowest BCUT2D eigenvalue weighted by Gasteiger charge is -2.33. The molecule has 0 amide bonds. The second-order valence-electron chi connectivity index (χ2n) is 4.28. The molecule has 2 aliphatic rings. The van der Waals surface area contributed by atoms with E-state index < -0.39 is 11.4 Å². The van der Waals surface area contributed by atoms with Crippen molar-refractivity contribution in [3.05, 3.63) is 0 Å². The topological polar surface area (TPSA) is 49.8 Å². The largest absolute Gasteiger partial charge is 0.481 e. The molecule has 2 fully saturated rings. The molecule has 2 rings (SSSR count). The molecule has 0 spiro atoms. The summed E-state index contributed by atoms with van der Waals surface area (Å²) >= 11 is 0. The number of hydrogen-bond acceptors (Lipinski definition) is 2. The van der Waals surface area contributed by atoms with Crippen LogP contribution in [0.3, 0.4) is 0 Å². The van der Waals surface area contributed by atoms with Gasteiger partial charge in [0.25, 0.3) is 0 Å². The molecule has 1 saturated heterocycles. The Morgan fingerprint density at radius 1 is 1.58 bits per heavy atom. The Bertz CT molecular complexity index is 226. The summed E-state index contributed by atoms with van der Waals surface area (Å²) in [6.07, 6.45) is 2.21. The quantitative estimate of drug-likeness (QED) is 0.603. The minimum Gasteiger partial charge on any atom is -0.481 e. The van der Waals surface area contributed by atoms with Gasteiger partial charge < -0.3 is 9.84 Å². The highest BCUT2D eigenvalue weighted by Crippen LogP contribution is 2.49. The lowest BCUT2D eigenvalue weighted by atomic mass is 9.68. The Morgan fingerprint density at radius 3 is 2.83 bits per heavy atom.